The Bertz CT molecular complexity index is 879. The number of carbonyl (C=O) groups is 1. The van der Waals surface area contributed by atoms with Crippen LogP contribution in [0.3, 0.4) is 0 Å². The lowest BCUT2D eigenvalue weighted by atomic mass is 10.2. The molecule has 0 aliphatic heterocycles. The molecule has 0 atom stereocenters. The lowest BCUT2D eigenvalue weighted by Gasteiger charge is -2.11. The van der Waals surface area contributed by atoms with E-state index in [2.05, 4.69) is 14.2 Å². The van der Waals surface area contributed by atoms with Crippen LogP contribution in [0.4, 0.5) is 23.1 Å². The third kappa shape index (κ3) is 5.55. The van der Waals surface area contributed by atoms with Crippen molar-refractivity contribution in [1.29, 1.82) is 0 Å². The summed E-state index contributed by atoms with van der Waals surface area (Å²) in [5.74, 6) is -2.08. The molecule has 140 valence electrons. The zero-order chi connectivity index (χ0) is 19.3. The van der Waals surface area contributed by atoms with Gasteiger partial charge >= 0.3 is 16.6 Å². The standard InChI is InChI=1S/C15H12F3NO6S/c1-23-15(20)19-9-6-13(16)12(14(17)7-9)8-24-10-2-4-11(5-3-10)25-26(18,21)22/h2-7H,8H2,1H3,(H,19,20). The van der Waals surface area contributed by atoms with Gasteiger partial charge < -0.3 is 13.7 Å². The predicted octanol–water partition coefficient (Wildman–Crippen LogP) is 3.32. The van der Waals surface area contributed by atoms with Crippen LogP contribution in [0, 0.1) is 11.6 Å². The van der Waals surface area contributed by atoms with E-state index in [4.69, 9.17) is 4.74 Å². The topological polar surface area (TPSA) is 90.9 Å². The maximum Gasteiger partial charge on any atom is 0.488 e. The van der Waals surface area contributed by atoms with Crippen LogP contribution < -0.4 is 14.2 Å². The first-order chi connectivity index (χ1) is 12.2. The minimum atomic E-state index is -5.15. The second-order valence-electron chi connectivity index (χ2n) is 4.77. The molecule has 0 spiro atoms. The molecule has 0 aliphatic carbocycles. The third-order valence-electron chi connectivity index (χ3n) is 2.98. The van der Waals surface area contributed by atoms with E-state index in [1.807, 2.05) is 0 Å². The van der Waals surface area contributed by atoms with E-state index in [1.165, 1.54) is 12.1 Å². The van der Waals surface area contributed by atoms with Crippen LogP contribution >= 0.6 is 0 Å². The van der Waals surface area contributed by atoms with Crippen LogP contribution in [0.15, 0.2) is 36.4 Å². The molecule has 11 heteroatoms. The van der Waals surface area contributed by atoms with E-state index >= 15 is 0 Å². The SMILES string of the molecule is COC(=O)Nc1cc(F)c(COc2ccc(OS(=O)(=O)F)cc2)c(F)c1. The van der Waals surface area contributed by atoms with Gasteiger partial charge in [0.1, 0.15) is 29.7 Å². The van der Waals surface area contributed by atoms with Gasteiger partial charge in [0.25, 0.3) is 0 Å². The molecule has 2 aromatic rings. The molecule has 1 amide bonds. The Morgan fingerprint density at radius 2 is 1.62 bits per heavy atom. The molecule has 0 radical (unpaired) electrons. The smallest absolute Gasteiger partial charge is 0.488 e. The van der Waals surface area contributed by atoms with Gasteiger partial charge in [-0.15, -0.1) is 0 Å². The normalized spacial score (nSPS) is 10.9. The highest BCUT2D eigenvalue weighted by Gasteiger charge is 2.14. The molecule has 0 unspecified atom stereocenters. The second-order valence-corrected chi connectivity index (χ2v) is 5.72. The highest BCUT2D eigenvalue weighted by Crippen LogP contribution is 2.23. The van der Waals surface area contributed by atoms with Gasteiger partial charge in [-0.1, -0.05) is 3.89 Å². The van der Waals surface area contributed by atoms with Crippen LogP contribution in [-0.2, 0) is 21.8 Å². The van der Waals surface area contributed by atoms with Crippen LogP contribution in [0.2, 0.25) is 0 Å². The summed E-state index contributed by atoms with van der Waals surface area (Å²) in [6.45, 7) is -0.488. The van der Waals surface area contributed by atoms with Crippen molar-refractivity contribution < 1.29 is 39.5 Å². The first-order valence-electron chi connectivity index (χ1n) is 6.88. The van der Waals surface area contributed by atoms with Crippen molar-refractivity contribution in [3.8, 4) is 11.5 Å². The number of carbonyl (C=O) groups excluding carboxylic acids is 1. The van der Waals surface area contributed by atoms with Crippen molar-refractivity contribution in [3.05, 3.63) is 53.6 Å². The van der Waals surface area contributed by atoms with Gasteiger partial charge in [0.15, 0.2) is 0 Å². The largest absolute Gasteiger partial charge is 0.489 e. The second kappa shape index (κ2) is 7.95. The van der Waals surface area contributed by atoms with E-state index in [-0.39, 0.29) is 17.2 Å². The maximum atomic E-state index is 14.0. The Labute approximate surface area is 146 Å². The number of rotatable bonds is 6. The van der Waals surface area contributed by atoms with E-state index in [0.717, 1.165) is 31.4 Å². The molecule has 0 bridgehead atoms. The number of methoxy groups -OCH3 is 1. The van der Waals surface area contributed by atoms with Gasteiger partial charge in [-0.3, -0.25) is 5.32 Å². The molecule has 7 nitrogen and oxygen atoms in total. The number of halogens is 3. The first kappa shape index (κ1) is 19.4. The molecule has 1 N–H and O–H groups in total. The first-order valence-corrected chi connectivity index (χ1v) is 8.18. The molecule has 0 heterocycles. The fourth-order valence-electron chi connectivity index (χ4n) is 1.84. The minimum Gasteiger partial charge on any atom is -0.489 e. The Morgan fingerprint density at radius 1 is 1.08 bits per heavy atom. The summed E-state index contributed by atoms with van der Waals surface area (Å²) >= 11 is 0. The molecule has 2 rings (SSSR count). The molecular formula is C15H12F3NO6S. The average Bonchev–Trinajstić information content (AvgIpc) is 2.54. The lowest BCUT2D eigenvalue weighted by Crippen LogP contribution is -2.12. The van der Waals surface area contributed by atoms with Gasteiger partial charge in [0.05, 0.1) is 12.7 Å². The minimum absolute atomic E-state index is 0.129. The van der Waals surface area contributed by atoms with Crippen LogP contribution in [0.5, 0.6) is 11.5 Å². The molecule has 2 aromatic carbocycles. The van der Waals surface area contributed by atoms with E-state index < -0.39 is 40.4 Å². The van der Waals surface area contributed by atoms with E-state index in [9.17, 15) is 25.9 Å². The monoisotopic (exact) mass is 391 g/mol. The summed E-state index contributed by atoms with van der Waals surface area (Å²) < 4.78 is 74.5. The fraction of sp³-hybridized carbons (Fsp3) is 0.133. The van der Waals surface area contributed by atoms with Crippen molar-refractivity contribution in [2.24, 2.45) is 0 Å². The number of hydrogen-bond acceptors (Lipinski definition) is 6. The molecule has 26 heavy (non-hydrogen) atoms. The molecule has 0 aliphatic rings. The Kier molecular flexibility index (Phi) is 5.93. The summed E-state index contributed by atoms with van der Waals surface area (Å²) in [5, 5.41) is 2.12. The van der Waals surface area contributed by atoms with Gasteiger partial charge in [-0.2, -0.15) is 8.42 Å². The van der Waals surface area contributed by atoms with Crippen molar-refractivity contribution in [2.45, 2.75) is 6.61 Å². The van der Waals surface area contributed by atoms with Gasteiger partial charge in [-0.05, 0) is 36.4 Å². The summed E-state index contributed by atoms with van der Waals surface area (Å²) in [6, 6.07) is 6.43. The number of benzene rings is 2. The summed E-state index contributed by atoms with van der Waals surface area (Å²) in [5.41, 5.74) is -0.531. The summed E-state index contributed by atoms with van der Waals surface area (Å²) in [4.78, 5) is 11.0. The zero-order valence-electron chi connectivity index (χ0n) is 13.2. The van der Waals surface area contributed by atoms with Gasteiger partial charge in [0.2, 0.25) is 0 Å². The van der Waals surface area contributed by atoms with Crippen LogP contribution in [0.25, 0.3) is 0 Å². The quantitative estimate of drug-likeness (QED) is 0.760. The number of ether oxygens (including phenoxy) is 2. The van der Waals surface area contributed by atoms with Crippen molar-refractivity contribution in [1.82, 2.24) is 0 Å². The van der Waals surface area contributed by atoms with Crippen molar-refractivity contribution >= 4 is 22.3 Å². The summed E-state index contributed by atoms with van der Waals surface area (Å²) in [6.07, 6.45) is -0.884. The number of nitrogens with one attached hydrogen (secondary N) is 1. The lowest BCUT2D eigenvalue weighted by molar-refractivity contribution is 0.187. The highest BCUT2D eigenvalue weighted by molar-refractivity contribution is 7.81. The van der Waals surface area contributed by atoms with Crippen LogP contribution in [-0.4, -0.2) is 21.6 Å². The number of anilines is 1. The molecule has 0 saturated heterocycles. The average molecular weight is 391 g/mol. The highest BCUT2D eigenvalue weighted by atomic mass is 32.3. The van der Waals surface area contributed by atoms with Gasteiger partial charge in [-0.25, -0.2) is 13.6 Å². The van der Waals surface area contributed by atoms with Crippen molar-refractivity contribution in [2.75, 3.05) is 12.4 Å². The molecular weight excluding hydrogens is 379 g/mol. The zero-order valence-corrected chi connectivity index (χ0v) is 14.0. The number of hydrogen-bond donors (Lipinski definition) is 1. The molecule has 0 saturated carbocycles. The molecule has 0 aromatic heterocycles. The Hall–Kier alpha value is -2.95. The molecule has 0 fully saturated rings. The Morgan fingerprint density at radius 3 is 2.12 bits per heavy atom. The van der Waals surface area contributed by atoms with E-state index in [0.29, 0.717) is 0 Å². The van der Waals surface area contributed by atoms with Crippen LogP contribution in [0.1, 0.15) is 5.56 Å². The van der Waals surface area contributed by atoms with Crippen molar-refractivity contribution in [3.63, 3.8) is 0 Å². The maximum absolute atomic E-state index is 14.0. The Balaban J connectivity index is 2.06. The van der Waals surface area contributed by atoms with Gasteiger partial charge in [0, 0.05) is 5.69 Å². The van der Waals surface area contributed by atoms with E-state index in [1.54, 1.807) is 0 Å². The third-order valence-corrected chi connectivity index (χ3v) is 3.37. The fourth-order valence-corrected chi connectivity index (χ4v) is 2.18. The predicted molar refractivity (Wildman–Crippen MR) is 83.8 cm³/mol. The summed E-state index contributed by atoms with van der Waals surface area (Å²) in [7, 11) is -4.05. The number of amides is 1.